The molecule has 0 aliphatic carbocycles. The molecule has 4 aromatic rings. The van der Waals surface area contributed by atoms with Crippen molar-refractivity contribution in [3.05, 3.63) is 123 Å². The molecular formula is C42H51N9O11S. The molecule has 21 heteroatoms. The van der Waals surface area contributed by atoms with Gasteiger partial charge < -0.3 is 51.2 Å². The van der Waals surface area contributed by atoms with Crippen LogP contribution in [0, 0.1) is 0 Å². The maximum absolute atomic E-state index is 14.1. The molecule has 5 rings (SSSR count). The van der Waals surface area contributed by atoms with E-state index in [1.807, 2.05) is 18.2 Å². The quantitative estimate of drug-likeness (QED) is 0.0550. The number of aromatic nitrogens is 3. The highest BCUT2D eigenvalue weighted by Crippen LogP contribution is 2.22. The van der Waals surface area contributed by atoms with Crippen LogP contribution < -0.4 is 37.8 Å². The number of hydrogen-bond acceptors (Lipinski definition) is 12. The zero-order valence-corrected chi connectivity index (χ0v) is 35.7. The summed E-state index contributed by atoms with van der Waals surface area (Å²) in [4.78, 5) is 98.4. The molecule has 2 aromatic heterocycles. The number of carbonyl (C=O) groups is 5. The number of fused-ring (bicyclic) bond motifs is 1. The highest BCUT2D eigenvalue weighted by molar-refractivity contribution is 7.98. The normalized spacial score (nSPS) is 16.8. The molecule has 7 atom stereocenters. The number of nitrogens with one attached hydrogen (secondary N) is 7. The Morgan fingerprint density at radius 2 is 1.71 bits per heavy atom. The number of aliphatic hydroxyl groups excluding tert-OH is 1. The van der Waals surface area contributed by atoms with Crippen molar-refractivity contribution in [3.63, 3.8) is 0 Å². The molecule has 0 bridgehead atoms. The van der Waals surface area contributed by atoms with Crippen LogP contribution in [0.1, 0.15) is 37.6 Å². The molecule has 0 fully saturated rings. The van der Waals surface area contributed by atoms with Crippen LogP contribution >= 0.6 is 11.8 Å². The van der Waals surface area contributed by atoms with Crippen molar-refractivity contribution >= 4 is 52.4 Å². The molecule has 0 saturated carbocycles. The summed E-state index contributed by atoms with van der Waals surface area (Å²) < 4.78 is 6.87. The molecule has 0 spiro atoms. The van der Waals surface area contributed by atoms with Gasteiger partial charge in [0.25, 0.3) is 5.56 Å². The van der Waals surface area contributed by atoms with Crippen molar-refractivity contribution in [2.75, 3.05) is 19.1 Å². The van der Waals surface area contributed by atoms with Gasteiger partial charge in [-0.05, 0) is 80.2 Å². The largest absolute Gasteiger partial charge is 0.508 e. The maximum Gasteiger partial charge on any atom is 0.331 e. The van der Waals surface area contributed by atoms with Crippen molar-refractivity contribution in [2.45, 2.75) is 75.8 Å². The number of urea groups is 1. The molecule has 1 aliphatic rings. The number of amides is 5. The number of rotatable bonds is 20. The van der Waals surface area contributed by atoms with Gasteiger partial charge in [-0.25, -0.2) is 14.4 Å². The number of H-pyrrole nitrogens is 2. The zero-order chi connectivity index (χ0) is 45.8. The lowest BCUT2D eigenvalue weighted by atomic mass is 10.0. The minimum atomic E-state index is -1.51. The molecule has 1 aliphatic heterocycles. The van der Waals surface area contributed by atoms with Gasteiger partial charge >= 0.3 is 17.7 Å². The van der Waals surface area contributed by atoms with Crippen LogP contribution in [-0.4, -0.2) is 120 Å². The fraction of sp³-hybridized carbons (Fsp3) is 0.357. The van der Waals surface area contributed by atoms with E-state index in [9.17, 15) is 48.9 Å². The number of carboxylic acid groups (broad SMARTS) is 1. The molecule has 336 valence electrons. The van der Waals surface area contributed by atoms with Crippen molar-refractivity contribution in [1.29, 1.82) is 0 Å². The van der Waals surface area contributed by atoms with Gasteiger partial charge in [0.05, 0.1) is 12.1 Å². The fourth-order valence-corrected chi connectivity index (χ4v) is 7.30. The molecule has 10 N–H and O–H groups in total. The van der Waals surface area contributed by atoms with Crippen LogP contribution in [0.2, 0.25) is 0 Å². The first-order chi connectivity index (χ1) is 30.0. The van der Waals surface area contributed by atoms with Crippen LogP contribution in [0.15, 0.2) is 101 Å². The zero-order valence-electron chi connectivity index (χ0n) is 34.9. The number of allylic oxidation sites excluding steroid dienone is 1. The number of likely N-dealkylation sites (N-methyl/N-ethyl adjacent to an activating group) is 1. The topological polar surface area (TPSA) is 289 Å². The Balaban J connectivity index is 1.37. The van der Waals surface area contributed by atoms with Crippen LogP contribution in [0.25, 0.3) is 10.9 Å². The second-order valence-electron chi connectivity index (χ2n) is 14.8. The number of carbonyl (C=O) groups excluding carboxylic acids is 4. The van der Waals surface area contributed by atoms with Crippen molar-refractivity contribution in [2.24, 2.45) is 0 Å². The van der Waals surface area contributed by atoms with E-state index in [1.165, 1.54) is 74.2 Å². The summed E-state index contributed by atoms with van der Waals surface area (Å²) >= 11 is 1.38. The van der Waals surface area contributed by atoms with Gasteiger partial charge in [0, 0.05) is 49.0 Å². The van der Waals surface area contributed by atoms with Crippen LogP contribution in [0.3, 0.4) is 0 Å². The number of carboxylic acids is 1. The van der Waals surface area contributed by atoms with Gasteiger partial charge in [-0.3, -0.25) is 34.0 Å². The number of nitrogens with zero attached hydrogens (tertiary/aromatic N) is 2. The minimum Gasteiger partial charge on any atom is -0.508 e. The summed E-state index contributed by atoms with van der Waals surface area (Å²) in [7, 11) is 1.41. The predicted octanol–water partition coefficient (Wildman–Crippen LogP) is 0.754. The molecule has 0 saturated heterocycles. The maximum atomic E-state index is 14.1. The van der Waals surface area contributed by atoms with Gasteiger partial charge in [0.2, 0.25) is 17.7 Å². The standard InChI is InChI=1S/C42H51N9O11S/c1-23(50(3)39(57)32(45-24(2)52)19-25-8-7-9-27(53)18-25)36(38(56)44-22-28-12-13-35(62-28)51-16-14-34(54)48-42(51)61)49-37(55)31(15-17-63-4)46-41(60)47-33(40(58)59)20-26-21-43-30-11-6-5-10-29(26)30/h5-14,16,18,21-24,31-33,35-36,43,45,52-53H,15,17,19-20H2,1-4H3,(H,44,56)(H,49,55)(H,58,59)(H2,46,47,60)(H,48,54,61)/b28-22-/t23-,24?,31?,32-,33?,35+,36?/m0/s1. The van der Waals surface area contributed by atoms with Gasteiger partial charge in [0.15, 0.2) is 6.23 Å². The summed E-state index contributed by atoms with van der Waals surface area (Å²) in [5, 5.41) is 44.2. The third kappa shape index (κ3) is 12.8. The minimum absolute atomic E-state index is 0.0289. The summed E-state index contributed by atoms with van der Waals surface area (Å²) in [6.07, 6.45) is 6.76. The molecule has 20 nitrogen and oxygen atoms in total. The predicted molar refractivity (Wildman–Crippen MR) is 233 cm³/mol. The first-order valence-electron chi connectivity index (χ1n) is 19.8. The number of aliphatic hydroxyl groups is 1. The van der Waals surface area contributed by atoms with E-state index in [2.05, 4.69) is 36.6 Å². The summed E-state index contributed by atoms with van der Waals surface area (Å²) in [6, 6.07) is 7.38. The van der Waals surface area contributed by atoms with Gasteiger partial charge in [-0.1, -0.05) is 30.3 Å². The summed E-state index contributed by atoms with van der Waals surface area (Å²) in [6.45, 7) is 2.93. The molecule has 3 heterocycles. The van der Waals surface area contributed by atoms with E-state index in [-0.39, 0.29) is 30.8 Å². The van der Waals surface area contributed by atoms with E-state index < -0.39 is 83.6 Å². The highest BCUT2D eigenvalue weighted by Gasteiger charge is 2.36. The van der Waals surface area contributed by atoms with Crippen LogP contribution in [0.4, 0.5) is 4.79 Å². The number of para-hydroxylation sites is 1. The average molecular weight is 890 g/mol. The second kappa shape index (κ2) is 21.8. The Morgan fingerprint density at radius 3 is 2.41 bits per heavy atom. The molecule has 5 amide bonds. The first kappa shape index (κ1) is 47.2. The third-order valence-corrected chi connectivity index (χ3v) is 10.9. The summed E-state index contributed by atoms with van der Waals surface area (Å²) in [5.41, 5.74) is 0.675. The highest BCUT2D eigenvalue weighted by atomic mass is 32.2. The van der Waals surface area contributed by atoms with Gasteiger partial charge in [-0.2, -0.15) is 11.8 Å². The number of phenols is 1. The van der Waals surface area contributed by atoms with Crippen molar-refractivity contribution in [3.8, 4) is 5.75 Å². The van der Waals surface area contributed by atoms with E-state index >= 15 is 0 Å². The van der Waals surface area contributed by atoms with E-state index in [0.717, 1.165) is 21.5 Å². The Bertz CT molecular complexity index is 2460. The van der Waals surface area contributed by atoms with Crippen LogP contribution in [0.5, 0.6) is 5.75 Å². The number of hydrogen-bond donors (Lipinski definition) is 10. The third-order valence-electron chi connectivity index (χ3n) is 10.2. The molecular weight excluding hydrogens is 839 g/mol. The lowest BCUT2D eigenvalue weighted by molar-refractivity contribution is -0.139. The Hall–Kier alpha value is -6.84. The number of phenolic OH excluding ortho intramolecular Hbond substituents is 1. The van der Waals surface area contributed by atoms with Crippen molar-refractivity contribution < 1.29 is 44.0 Å². The Labute approximate surface area is 365 Å². The number of thioether (sulfide) groups is 1. The first-order valence-corrected chi connectivity index (χ1v) is 21.2. The number of aliphatic carboxylic acids is 1. The van der Waals surface area contributed by atoms with E-state index in [0.29, 0.717) is 16.9 Å². The number of aromatic hydroxyl groups is 1. The fourth-order valence-electron chi connectivity index (χ4n) is 6.83. The second-order valence-corrected chi connectivity index (χ2v) is 15.8. The average Bonchev–Trinajstić information content (AvgIpc) is 3.89. The van der Waals surface area contributed by atoms with Gasteiger partial charge in [-0.15, -0.1) is 0 Å². The van der Waals surface area contributed by atoms with E-state index in [4.69, 9.17) is 4.74 Å². The van der Waals surface area contributed by atoms with E-state index in [1.54, 1.807) is 30.7 Å². The Kier molecular flexibility index (Phi) is 16.3. The number of aromatic amines is 2. The molecule has 0 radical (unpaired) electrons. The smallest absolute Gasteiger partial charge is 0.331 e. The number of ether oxygens (including phenoxy) is 1. The Morgan fingerprint density at radius 1 is 0.968 bits per heavy atom. The summed E-state index contributed by atoms with van der Waals surface area (Å²) in [5.74, 6) is -3.10. The monoisotopic (exact) mass is 889 g/mol. The lowest BCUT2D eigenvalue weighted by Gasteiger charge is -2.35. The molecule has 4 unspecified atom stereocenters. The van der Waals surface area contributed by atoms with Crippen molar-refractivity contribution in [1.82, 2.24) is 46.0 Å². The lowest BCUT2D eigenvalue weighted by Crippen LogP contribution is -2.62. The SMILES string of the molecule is CSCCC(NC(=O)NC(Cc1c[nH]c2ccccc12)C(=O)O)C(=O)NC(C(=O)N/C=C1/C=C[C@H](n2ccc(=O)[nH]c2=O)O1)[C@H](C)N(C)C(=O)[C@H](Cc1cccc(O)c1)NC(C)O. The molecule has 2 aromatic carbocycles. The molecule has 63 heavy (non-hydrogen) atoms. The van der Waals surface area contributed by atoms with Crippen LogP contribution in [-0.2, 0) is 36.8 Å². The van der Waals surface area contributed by atoms with Gasteiger partial charge in [0.1, 0.15) is 35.9 Å². The number of benzene rings is 2.